The first-order valence-electron chi connectivity index (χ1n) is 5.55. The minimum absolute atomic E-state index is 0.371. The van der Waals surface area contributed by atoms with Crippen molar-refractivity contribution in [2.75, 3.05) is 5.73 Å². The highest BCUT2D eigenvalue weighted by Crippen LogP contribution is 2.26. The fourth-order valence-corrected chi connectivity index (χ4v) is 2.13. The van der Waals surface area contributed by atoms with Crippen molar-refractivity contribution in [1.29, 1.82) is 0 Å². The molecular weight excluding hydrogens is 230 g/mol. The molecule has 2 N–H and O–H groups in total. The van der Waals surface area contributed by atoms with Crippen LogP contribution in [0.3, 0.4) is 0 Å². The Hall–Kier alpha value is -2.44. The lowest BCUT2D eigenvalue weighted by molar-refractivity contribution is 0.731. The van der Waals surface area contributed by atoms with Crippen LogP contribution in [0.25, 0.3) is 17.0 Å². The Balaban J connectivity index is 2.39. The molecule has 0 spiro atoms. The summed E-state index contributed by atoms with van der Waals surface area (Å²) >= 11 is 0. The van der Waals surface area contributed by atoms with Crippen molar-refractivity contribution in [3.8, 4) is 11.4 Å². The molecule has 0 bridgehead atoms. The molecule has 92 valence electrons. The van der Waals surface area contributed by atoms with Gasteiger partial charge in [0.25, 0.3) is 0 Å². The summed E-state index contributed by atoms with van der Waals surface area (Å²) < 4.78 is 3.55. The average molecular weight is 243 g/mol. The van der Waals surface area contributed by atoms with Gasteiger partial charge in [0.15, 0.2) is 11.5 Å². The summed E-state index contributed by atoms with van der Waals surface area (Å²) in [6, 6.07) is 1.77. The molecule has 0 unspecified atom stereocenters. The quantitative estimate of drug-likeness (QED) is 0.680. The highest BCUT2D eigenvalue weighted by molar-refractivity contribution is 5.66. The zero-order valence-corrected chi connectivity index (χ0v) is 10.4. The molecule has 3 aromatic heterocycles. The molecule has 0 fully saturated rings. The van der Waals surface area contributed by atoms with E-state index in [2.05, 4.69) is 20.3 Å². The maximum Gasteiger partial charge on any atom is 0.207 e. The van der Waals surface area contributed by atoms with E-state index in [9.17, 15) is 0 Å². The normalized spacial score (nSPS) is 11.3. The fraction of sp³-hybridized carbons (Fsp3) is 0.273. The molecule has 0 aromatic carbocycles. The van der Waals surface area contributed by atoms with Gasteiger partial charge in [0, 0.05) is 25.0 Å². The second-order valence-electron chi connectivity index (χ2n) is 4.19. The van der Waals surface area contributed by atoms with E-state index in [0.717, 1.165) is 17.0 Å². The van der Waals surface area contributed by atoms with Gasteiger partial charge in [-0.3, -0.25) is 4.68 Å². The number of fused-ring (bicyclic) bond motifs is 1. The van der Waals surface area contributed by atoms with Crippen LogP contribution < -0.4 is 5.73 Å². The number of nitrogens with two attached hydrogens (primary N) is 1. The minimum atomic E-state index is 0.371. The molecule has 0 radical (unpaired) electrons. The maximum absolute atomic E-state index is 5.89. The van der Waals surface area contributed by atoms with E-state index < -0.39 is 0 Å². The molecule has 3 heterocycles. The molecule has 3 aromatic rings. The number of rotatable bonds is 1. The zero-order chi connectivity index (χ0) is 12.9. The van der Waals surface area contributed by atoms with Gasteiger partial charge in [-0.25, -0.2) is 9.38 Å². The Morgan fingerprint density at radius 2 is 2.00 bits per heavy atom. The number of hydrogen-bond acceptors (Lipinski definition) is 5. The Morgan fingerprint density at radius 3 is 2.67 bits per heavy atom. The maximum atomic E-state index is 5.89. The number of hydrogen-bond donors (Lipinski definition) is 1. The van der Waals surface area contributed by atoms with E-state index >= 15 is 0 Å². The fourth-order valence-electron chi connectivity index (χ4n) is 2.13. The Kier molecular flexibility index (Phi) is 2.09. The van der Waals surface area contributed by atoms with Crippen LogP contribution in [0.15, 0.2) is 12.3 Å². The first-order chi connectivity index (χ1) is 8.59. The number of anilines is 1. The summed E-state index contributed by atoms with van der Waals surface area (Å²) in [4.78, 5) is 4.07. The van der Waals surface area contributed by atoms with Gasteiger partial charge in [0.05, 0.1) is 11.3 Å². The van der Waals surface area contributed by atoms with Gasteiger partial charge < -0.3 is 5.73 Å². The molecule has 0 saturated carbocycles. The third kappa shape index (κ3) is 1.30. The van der Waals surface area contributed by atoms with Crippen LogP contribution in [-0.4, -0.2) is 29.4 Å². The second kappa shape index (κ2) is 3.52. The summed E-state index contributed by atoms with van der Waals surface area (Å²) in [6.45, 7) is 3.93. The number of aromatic nitrogens is 6. The number of nitrogens with zero attached hydrogens (tertiary/aromatic N) is 6. The molecule has 3 rings (SSSR count). The van der Waals surface area contributed by atoms with Crippen LogP contribution in [0.1, 0.15) is 11.4 Å². The van der Waals surface area contributed by atoms with Gasteiger partial charge in [0.2, 0.25) is 5.95 Å². The van der Waals surface area contributed by atoms with Crippen LogP contribution in [0.4, 0.5) is 5.95 Å². The standard InChI is InChI=1S/C11H13N7/c1-6-9(7(2)17(3)16-6)10-15-14-8-4-5-13-11(12)18(8)10/h4-5H,1-3H3,(H2,12,13). The van der Waals surface area contributed by atoms with E-state index in [-0.39, 0.29) is 0 Å². The Bertz CT molecular complexity index is 737. The predicted octanol–water partition coefficient (Wildman–Crippen LogP) is 0.724. The highest BCUT2D eigenvalue weighted by atomic mass is 15.3. The topological polar surface area (TPSA) is 86.9 Å². The van der Waals surface area contributed by atoms with Crippen molar-refractivity contribution in [3.05, 3.63) is 23.7 Å². The lowest BCUT2D eigenvalue weighted by atomic mass is 10.2. The van der Waals surface area contributed by atoms with Crippen molar-refractivity contribution in [3.63, 3.8) is 0 Å². The van der Waals surface area contributed by atoms with Gasteiger partial charge in [0.1, 0.15) is 0 Å². The number of aryl methyl sites for hydroxylation is 2. The molecule has 0 aliphatic carbocycles. The van der Waals surface area contributed by atoms with Crippen molar-refractivity contribution in [2.45, 2.75) is 13.8 Å². The van der Waals surface area contributed by atoms with Crippen LogP contribution >= 0.6 is 0 Å². The third-order valence-corrected chi connectivity index (χ3v) is 3.08. The highest BCUT2D eigenvalue weighted by Gasteiger charge is 2.18. The minimum Gasteiger partial charge on any atom is -0.369 e. The lowest BCUT2D eigenvalue weighted by Crippen LogP contribution is -2.02. The molecule has 0 atom stereocenters. The summed E-state index contributed by atoms with van der Waals surface area (Å²) in [5.74, 6) is 1.05. The van der Waals surface area contributed by atoms with E-state index in [4.69, 9.17) is 5.73 Å². The average Bonchev–Trinajstić information content (AvgIpc) is 2.83. The van der Waals surface area contributed by atoms with Crippen molar-refractivity contribution in [2.24, 2.45) is 7.05 Å². The van der Waals surface area contributed by atoms with Gasteiger partial charge in [-0.2, -0.15) is 5.10 Å². The molecule has 0 aliphatic heterocycles. The second-order valence-corrected chi connectivity index (χ2v) is 4.19. The largest absolute Gasteiger partial charge is 0.369 e. The lowest BCUT2D eigenvalue weighted by Gasteiger charge is -2.02. The molecule has 0 amide bonds. The van der Waals surface area contributed by atoms with Crippen LogP contribution in [0.5, 0.6) is 0 Å². The SMILES string of the molecule is Cc1nn(C)c(C)c1-c1nnc2ccnc(N)n12. The first kappa shape index (κ1) is 10.7. The molecular formula is C11H13N7. The van der Waals surface area contributed by atoms with Gasteiger partial charge in [-0.1, -0.05) is 0 Å². The van der Waals surface area contributed by atoms with Crippen molar-refractivity contribution >= 4 is 11.6 Å². The third-order valence-electron chi connectivity index (χ3n) is 3.08. The van der Waals surface area contributed by atoms with Crippen molar-refractivity contribution in [1.82, 2.24) is 29.4 Å². The zero-order valence-electron chi connectivity index (χ0n) is 10.4. The van der Waals surface area contributed by atoms with Crippen LogP contribution in [0.2, 0.25) is 0 Å². The number of nitrogen functional groups attached to an aromatic ring is 1. The Morgan fingerprint density at radius 1 is 1.22 bits per heavy atom. The van der Waals surface area contributed by atoms with Gasteiger partial charge >= 0.3 is 0 Å². The van der Waals surface area contributed by atoms with E-state index in [1.165, 1.54) is 0 Å². The first-order valence-corrected chi connectivity index (χ1v) is 5.55. The van der Waals surface area contributed by atoms with Crippen LogP contribution in [-0.2, 0) is 7.05 Å². The van der Waals surface area contributed by atoms with Gasteiger partial charge in [-0.15, -0.1) is 10.2 Å². The monoisotopic (exact) mass is 243 g/mol. The summed E-state index contributed by atoms with van der Waals surface area (Å²) in [6.07, 6.45) is 1.62. The Labute approximate surface area is 103 Å². The van der Waals surface area contributed by atoms with Crippen LogP contribution in [0, 0.1) is 13.8 Å². The van der Waals surface area contributed by atoms with E-state index in [1.807, 2.05) is 25.6 Å². The van der Waals surface area contributed by atoms with Crippen molar-refractivity contribution < 1.29 is 0 Å². The van der Waals surface area contributed by atoms with Gasteiger partial charge in [-0.05, 0) is 13.8 Å². The smallest absolute Gasteiger partial charge is 0.207 e. The summed E-state index contributed by atoms with van der Waals surface area (Å²) in [5.41, 5.74) is 9.43. The predicted molar refractivity (Wildman–Crippen MR) is 66.9 cm³/mol. The molecule has 0 aliphatic rings. The molecule has 18 heavy (non-hydrogen) atoms. The van der Waals surface area contributed by atoms with E-state index in [0.29, 0.717) is 17.4 Å². The summed E-state index contributed by atoms with van der Waals surface area (Å²) in [7, 11) is 1.90. The molecule has 7 heteroatoms. The summed E-state index contributed by atoms with van der Waals surface area (Å²) in [5, 5.41) is 12.7. The van der Waals surface area contributed by atoms with E-state index in [1.54, 1.807) is 16.7 Å². The molecule has 0 saturated heterocycles. The molecule has 7 nitrogen and oxygen atoms in total.